The van der Waals surface area contributed by atoms with Gasteiger partial charge in [0.15, 0.2) is 0 Å². The van der Waals surface area contributed by atoms with Crippen LogP contribution in [0.2, 0.25) is 0 Å². The minimum atomic E-state index is -0.163. The van der Waals surface area contributed by atoms with Crippen LogP contribution in [-0.4, -0.2) is 35.9 Å². The first kappa shape index (κ1) is 20.5. The molecule has 6 heteroatoms. The number of nitrogens with one attached hydrogen (secondary N) is 1. The Labute approximate surface area is 171 Å². The molecule has 0 saturated heterocycles. The van der Waals surface area contributed by atoms with Gasteiger partial charge in [-0.25, -0.2) is 4.68 Å². The summed E-state index contributed by atoms with van der Waals surface area (Å²) < 4.78 is 12.2. The molecule has 0 saturated carbocycles. The van der Waals surface area contributed by atoms with E-state index >= 15 is 0 Å². The van der Waals surface area contributed by atoms with E-state index in [1.165, 1.54) is 0 Å². The molecule has 0 bridgehead atoms. The Balaban J connectivity index is 2.05. The van der Waals surface area contributed by atoms with Crippen LogP contribution in [0.4, 0.5) is 0 Å². The number of carbonyl (C=O) groups excluding carboxylic acids is 1. The summed E-state index contributed by atoms with van der Waals surface area (Å²) in [7, 11) is 3.25. The molecule has 1 aromatic heterocycles. The van der Waals surface area contributed by atoms with Crippen LogP contribution in [0.3, 0.4) is 0 Å². The molecule has 6 nitrogen and oxygen atoms in total. The van der Waals surface area contributed by atoms with E-state index in [1.807, 2.05) is 55.5 Å². The molecule has 1 heterocycles. The highest BCUT2D eigenvalue weighted by atomic mass is 16.5. The smallest absolute Gasteiger partial charge is 0.270 e. The van der Waals surface area contributed by atoms with Gasteiger partial charge in [0, 0.05) is 11.6 Å². The molecular formula is C23H27N3O3. The van der Waals surface area contributed by atoms with Crippen molar-refractivity contribution < 1.29 is 14.3 Å². The summed E-state index contributed by atoms with van der Waals surface area (Å²) >= 11 is 0. The van der Waals surface area contributed by atoms with E-state index in [9.17, 15) is 4.79 Å². The summed E-state index contributed by atoms with van der Waals surface area (Å²) in [4.78, 5) is 13.0. The van der Waals surface area contributed by atoms with Crippen molar-refractivity contribution in [2.75, 3.05) is 14.2 Å². The van der Waals surface area contributed by atoms with E-state index in [0.717, 1.165) is 22.7 Å². The van der Waals surface area contributed by atoms with Crippen LogP contribution in [-0.2, 0) is 0 Å². The summed E-state index contributed by atoms with van der Waals surface area (Å²) in [5.74, 6) is 1.65. The monoisotopic (exact) mass is 393 g/mol. The van der Waals surface area contributed by atoms with Crippen LogP contribution in [0.25, 0.3) is 16.9 Å². The number of rotatable bonds is 7. The molecule has 0 aliphatic carbocycles. The van der Waals surface area contributed by atoms with Crippen molar-refractivity contribution in [3.05, 3.63) is 60.3 Å². The summed E-state index contributed by atoms with van der Waals surface area (Å²) in [6.45, 7) is 6.15. The van der Waals surface area contributed by atoms with Gasteiger partial charge in [0.05, 0.1) is 25.6 Å². The van der Waals surface area contributed by atoms with E-state index in [1.54, 1.807) is 25.0 Å². The fourth-order valence-electron chi connectivity index (χ4n) is 2.83. The molecule has 1 amide bonds. The summed E-state index contributed by atoms with van der Waals surface area (Å²) in [6.07, 6.45) is 0. The topological polar surface area (TPSA) is 65.4 Å². The molecule has 1 N–H and O–H groups in total. The number of hydrogen-bond acceptors (Lipinski definition) is 4. The van der Waals surface area contributed by atoms with Gasteiger partial charge >= 0.3 is 0 Å². The third-order valence-electron chi connectivity index (χ3n) is 4.98. The molecule has 1 atom stereocenters. The first-order valence-corrected chi connectivity index (χ1v) is 9.62. The first-order valence-electron chi connectivity index (χ1n) is 9.62. The Bertz CT molecular complexity index is 977. The second-order valence-electron chi connectivity index (χ2n) is 7.26. The van der Waals surface area contributed by atoms with Gasteiger partial charge in [0.25, 0.3) is 5.91 Å². The first-order chi connectivity index (χ1) is 13.9. The predicted octanol–water partition coefficient (Wildman–Crippen LogP) is 4.33. The predicted molar refractivity (Wildman–Crippen MR) is 114 cm³/mol. The Hall–Kier alpha value is -3.28. The number of carbonyl (C=O) groups is 1. The van der Waals surface area contributed by atoms with Crippen LogP contribution in [0.15, 0.2) is 54.6 Å². The van der Waals surface area contributed by atoms with Gasteiger partial charge in [-0.05, 0) is 55.3 Å². The number of nitrogens with zero attached hydrogens (tertiary/aromatic N) is 2. The van der Waals surface area contributed by atoms with E-state index in [-0.39, 0.29) is 11.9 Å². The van der Waals surface area contributed by atoms with Gasteiger partial charge in [-0.2, -0.15) is 5.10 Å². The van der Waals surface area contributed by atoms with Gasteiger partial charge in [0.2, 0.25) is 0 Å². The Morgan fingerprint density at radius 2 is 1.66 bits per heavy atom. The van der Waals surface area contributed by atoms with Gasteiger partial charge in [0.1, 0.15) is 17.2 Å². The van der Waals surface area contributed by atoms with Gasteiger partial charge < -0.3 is 14.8 Å². The lowest BCUT2D eigenvalue weighted by Crippen LogP contribution is -2.37. The lowest BCUT2D eigenvalue weighted by molar-refractivity contribution is 0.0922. The lowest BCUT2D eigenvalue weighted by Gasteiger charge is -2.17. The maximum absolute atomic E-state index is 13.0. The van der Waals surface area contributed by atoms with E-state index in [2.05, 4.69) is 19.2 Å². The van der Waals surface area contributed by atoms with Crippen LogP contribution in [0, 0.1) is 5.92 Å². The third-order valence-corrected chi connectivity index (χ3v) is 4.98. The summed E-state index contributed by atoms with van der Waals surface area (Å²) in [6, 6.07) is 16.9. The number of aromatic nitrogens is 2. The largest absolute Gasteiger partial charge is 0.497 e. The van der Waals surface area contributed by atoms with Crippen molar-refractivity contribution in [3.8, 4) is 28.4 Å². The number of benzene rings is 2. The fourth-order valence-corrected chi connectivity index (χ4v) is 2.83. The molecule has 29 heavy (non-hydrogen) atoms. The van der Waals surface area contributed by atoms with E-state index in [4.69, 9.17) is 14.6 Å². The molecule has 3 aromatic rings. The molecule has 0 unspecified atom stereocenters. The zero-order valence-corrected chi connectivity index (χ0v) is 17.5. The Morgan fingerprint density at radius 3 is 2.28 bits per heavy atom. The molecule has 2 aromatic carbocycles. The van der Waals surface area contributed by atoms with Crippen LogP contribution in [0.1, 0.15) is 31.3 Å². The molecular weight excluding hydrogens is 366 g/mol. The molecule has 0 spiro atoms. The number of ether oxygens (including phenoxy) is 2. The maximum Gasteiger partial charge on any atom is 0.270 e. The third kappa shape index (κ3) is 4.59. The van der Waals surface area contributed by atoms with Crippen molar-refractivity contribution in [2.45, 2.75) is 26.8 Å². The summed E-state index contributed by atoms with van der Waals surface area (Å²) in [5, 5.41) is 7.78. The number of amides is 1. The minimum absolute atomic E-state index is 0.0435. The highest BCUT2D eigenvalue weighted by Crippen LogP contribution is 2.26. The quantitative estimate of drug-likeness (QED) is 0.649. The van der Waals surface area contributed by atoms with Crippen molar-refractivity contribution in [1.29, 1.82) is 0 Å². The summed E-state index contributed by atoms with van der Waals surface area (Å²) in [5.41, 5.74) is 2.83. The molecule has 0 aliphatic heterocycles. The van der Waals surface area contributed by atoms with Crippen LogP contribution in [0.5, 0.6) is 11.5 Å². The minimum Gasteiger partial charge on any atom is -0.497 e. The van der Waals surface area contributed by atoms with Gasteiger partial charge in [-0.1, -0.05) is 26.0 Å². The second-order valence-corrected chi connectivity index (χ2v) is 7.26. The van der Waals surface area contributed by atoms with Crippen molar-refractivity contribution in [1.82, 2.24) is 15.1 Å². The van der Waals surface area contributed by atoms with Gasteiger partial charge in [-0.3, -0.25) is 4.79 Å². The second kappa shape index (κ2) is 8.82. The highest BCUT2D eigenvalue weighted by Gasteiger charge is 2.20. The molecule has 0 aliphatic rings. The van der Waals surface area contributed by atoms with Crippen molar-refractivity contribution in [2.24, 2.45) is 5.92 Å². The normalized spacial score (nSPS) is 11.9. The van der Waals surface area contributed by atoms with Crippen molar-refractivity contribution in [3.63, 3.8) is 0 Å². The zero-order valence-electron chi connectivity index (χ0n) is 17.5. The Kier molecular flexibility index (Phi) is 6.22. The molecule has 3 rings (SSSR count). The van der Waals surface area contributed by atoms with Crippen molar-refractivity contribution >= 4 is 5.91 Å². The number of hydrogen-bond donors (Lipinski definition) is 1. The average molecular weight is 393 g/mol. The van der Waals surface area contributed by atoms with Crippen LogP contribution >= 0.6 is 0 Å². The van der Waals surface area contributed by atoms with Crippen LogP contribution < -0.4 is 14.8 Å². The lowest BCUT2D eigenvalue weighted by atomic mass is 10.1. The SMILES string of the molecule is COc1ccc(-n2nc(-c3cccc(OC)c3)cc2C(=O)N[C@H](C)C(C)C)cc1. The maximum atomic E-state index is 13.0. The molecule has 0 fully saturated rings. The standard InChI is InChI=1S/C23H27N3O3/c1-15(2)16(3)24-23(27)22-14-21(17-7-6-8-20(13-17)29-5)25-26(22)18-9-11-19(28-4)12-10-18/h6-16H,1-5H3,(H,24,27)/t16-/m1/s1. The Morgan fingerprint density at radius 1 is 0.966 bits per heavy atom. The van der Waals surface area contributed by atoms with Gasteiger partial charge in [-0.15, -0.1) is 0 Å². The fraction of sp³-hybridized carbons (Fsp3) is 0.304. The molecule has 152 valence electrons. The zero-order chi connectivity index (χ0) is 21.0. The van der Waals surface area contributed by atoms with E-state index in [0.29, 0.717) is 17.3 Å². The molecule has 0 radical (unpaired) electrons. The highest BCUT2D eigenvalue weighted by molar-refractivity contribution is 5.94. The van der Waals surface area contributed by atoms with E-state index < -0.39 is 0 Å². The average Bonchev–Trinajstić information content (AvgIpc) is 3.19. The number of methoxy groups -OCH3 is 2.